The average Bonchev–Trinajstić information content (AvgIpc) is 2.42. The molecule has 0 aromatic heterocycles. The van der Waals surface area contributed by atoms with Crippen molar-refractivity contribution in [2.45, 2.75) is 33.7 Å². The minimum Gasteiger partial charge on any atom is -0.324 e. The van der Waals surface area contributed by atoms with Crippen LogP contribution in [-0.4, -0.2) is 5.91 Å². The van der Waals surface area contributed by atoms with Crippen LogP contribution >= 0.6 is 0 Å². The lowest BCUT2D eigenvalue weighted by atomic mass is 10.0. The molecule has 0 aliphatic carbocycles. The molecule has 0 aliphatic heterocycles. The van der Waals surface area contributed by atoms with Crippen LogP contribution in [0.3, 0.4) is 0 Å². The van der Waals surface area contributed by atoms with Gasteiger partial charge in [0.25, 0.3) is 0 Å². The van der Waals surface area contributed by atoms with Gasteiger partial charge in [0.2, 0.25) is 5.91 Å². The Labute approximate surface area is 126 Å². The first-order valence-corrected chi connectivity index (χ1v) is 7.09. The molecule has 2 rings (SSSR count). The molecule has 0 aliphatic rings. The zero-order chi connectivity index (χ0) is 15.6. The van der Waals surface area contributed by atoms with E-state index in [1.807, 2.05) is 52.0 Å². The van der Waals surface area contributed by atoms with E-state index in [1.165, 1.54) is 5.56 Å². The highest BCUT2D eigenvalue weighted by molar-refractivity contribution is 5.96. The molecule has 0 saturated heterocycles. The summed E-state index contributed by atoms with van der Waals surface area (Å²) in [5.41, 5.74) is 12.2. The van der Waals surface area contributed by atoms with E-state index in [4.69, 9.17) is 5.73 Å². The third-order valence-electron chi connectivity index (χ3n) is 3.64. The monoisotopic (exact) mass is 282 g/mol. The number of carbonyl (C=O) groups excluding carboxylic acids is 1. The van der Waals surface area contributed by atoms with E-state index in [0.29, 0.717) is 0 Å². The van der Waals surface area contributed by atoms with Gasteiger partial charge >= 0.3 is 0 Å². The Morgan fingerprint density at radius 3 is 2.00 bits per heavy atom. The van der Waals surface area contributed by atoms with Crippen molar-refractivity contribution in [3.8, 4) is 0 Å². The van der Waals surface area contributed by atoms with Crippen molar-refractivity contribution in [3.05, 3.63) is 64.2 Å². The summed E-state index contributed by atoms with van der Waals surface area (Å²) in [5, 5.41) is 2.95. The Kier molecular flexibility index (Phi) is 4.43. The number of nitrogens with two attached hydrogens (primary N) is 1. The van der Waals surface area contributed by atoms with E-state index < -0.39 is 6.04 Å². The number of benzene rings is 2. The second-order valence-electron chi connectivity index (χ2n) is 5.65. The van der Waals surface area contributed by atoms with Gasteiger partial charge in [-0.05, 0) is 44.4 Å². The Bertz CT molecular complexity index is 636. The van der Waals surface area contributed by atoms with E-state index in [-0.39, 0.29) is 5.91 Å². The Hall–Kier alpha value is -2.13. The Morgan fingerprint density at radius 1 is 0.952 bits per heavy atom. The second-order valence-corrected chi connectivity index (χ2v) is 5.65. The fourth-order valence-electron chi connectivity index (χ4n) is 2.50. The van der Waals surface area contributed by atoms with Crippen molar-refractivity contribution < 1.29 is 4.79 Å². The molecule has 1 unspecified atom stereocenters. The van der Waals surface area contributed by atoms with Crippen LogP contribution in [0.4, 0.5) is 5.69 Å². The van der Waals surface area contributed by atoms with Gasteiger partial charge in [-0.25, -0.2) is 0 Å². The summed E-state index contributed by atoms with van der Waals surface area (Å²) < 4.78 is 0. The zero-order valence-electron chi connectivity index (χ0n) is 13.0. The van der Waals surface area contributed by atoms with Crippen molar-refractivity contribution in [1.29, 1.82) is 0 Å². The highest BCUT2D eigenvalue weighted by Crippen LogP contribution is 2.23. The van der Waals surface area contributed by atoms with Crippen molar-refractivity contribution in [2.75, 3.05) is 5.32 Å². The van der Waals surface area contributed by atoms with Gasteiger partial charge in [-0.3, -0.25) is 4.79 Å². The van der Waals surface area contributed by atoms with Gasteiger partial charge in [0.15, 0.2) is 0 Å². The number of hydrogen-bond donors (Lipinski definition) is 2. The second kappa shape index (κ2) is 6.10. The molecular weight excluding hydrogens is 260 g/mol. The molecule has 3 N–H and O–H groups in total. The van der Waals surface area contributed by atoms with E-state index in [0.717, 1.165) is 27.9 Å². The summed E-state index contributed by atoms with van der Waals surface area (Å²) in [5.74, 6) is -0.186. The number of aryl methyl sites for hydroxylation is 4. The number of carbonyl (C=O) groups is 1. The lowest BCUT2D eigenvalue weighted by Crippen LogP contribution is -2.28. The number of amides is 1. The molecule has 0 saturated carbocycles. The minimum absolute atomic E-state index is 0.186. The predicted molar refractivity (Wildman–Crippen MR) is 87.4 cm³/mol. The smallest absolute Gasteiger partial charge is 0.245 e. The minimum atomic E-state index is -0.661. The first kappa shape index (κ1) is 15.3. The molecule has 0 fully saturated rings. The Balaban J connectivity index is 2.20. The number of hydrogen-bond acceptors (Lipinski definition) is 2. The summed E-state index contributed by atoms with van der Waals surface area (Å²) >= 11 is 0. The molecule has 3 heteroatoms. The van der Waals surface area contributed by atoms with Crippen LogP contribution in [0.15, 0.2) is 36.4 Å². The maximum atomic E-state index is 12.4. The molecule has 0 radical (unpaired) electrons. The van der Waals surface area contributed by atoms with Crippen LogP contribution < -0.4 is 11.1 Å². The van der Waals surface area contributed by atoms with E-state index in [1.54, 1.807) is 0 Å². The van der Waals surface area contributed by atoms with Crippen molar-refractivity contribution >= 4 is 11.6 Å². The molecule has 0 bridgehead atoms. The molecule has 110 valence electrons. The van der Waals surface area contributed by atoms with Crippen LogP contribution in [0, 0.1) is 27.7 Å². The van der Waals surface area contributed by atoms with E-state index in [2.05, 4.69) is 17.4 Å². The summed E-state index contributed by atoms with van der Waals surface area (Å²) in [6.45, 7) is 8.04. The van der Waals surface area contributed by atoms with Crippen LogP contribution in [0.2, 0.25) is 0 Å². The summed E-state index contributed by atoms with van der Waals surface area (Å²) in [4.78, 5) is 12.4. The van der Waals surface area contributed by atoms with Gasteiger partial charge in [-0.2, -0.15) is 0 Å². The topological polar surface area (TPSA) is 55.1 Å². The molecule has 1 amide bonds. The summed E-state index contributed by atoms with van der Waals surface area (Å²) in [6, 6.07) is 11.2. The van der Waals surface area contributed by atoms with Gasteiger partial charge in [0.05, 0.1) is 0 Å². The quantitative estimate of drug-likeness (QED) is 0.904. The van der Waals surface area contributed by atoms with Crippen molar-refractivity contribution in [1.82, 2.24) is 0 Å². The van der Waals surface area contributed by atoms with Gasteiger partial charge in [0, 0.05) is 5.69 Å². The van der Waals surface area contributed by atoms with E-state index >= 15 is 0 Å². The summed E-state index contributed by atoms with van der Waals surface area (Å²) in [7, 11) is 0. The van der Waals surface area contributed by atoms with Gasteiger partial charge in [-0.1, -0.05) is 47.5 Å². The van der Waals surface area contributed by atoms with E-state index in [9.17, 15) is 4.79 Å². The Morgan fingerprint density at radius 2 is 1.48 bits per heavy atom. The lowest BCUT2D eigenvalue weighted by molar-refractivity contribution is -0.117. The summed E-state index contributed by atoms with van der Waals surface area (Å²) in [6.07, 6.45) is 0. The molecule has 0 spiro atoms. The third kappa shape index (κ3) is 3.50. The van der Waals surface area contributed by atoms with Crippen molar-refractivity contribution in [3.63, 3.8) is 0 Å². The van der Waals surface area contributed by atoms with Gasteiger partial charge in [-0.15, -0.1) is 0 Å². The SMILES string of the molecule is Cc1ccc(C(N)C(=O)Nc2c(C)cc(C)cc2C)cc1. The molecule has 3 nitrogen and oxygen atoms in total. The maximum absolute atomic E-state index is 12.4. The third-order valence-corrected chi connectivity index (χ3v) is 3.64. The van der Waals surface area contributed by atoms with Gasteiger partial charge in [0.1, 0.15) is 6.04 Å². The molecule has 2 aromatic carbocycles. The standard InChI is InChI=1S/C18H22N2O/c1-11-5-7-15(8-6-11)16(19)18(21)20-17-13(3)9-12(2)10-14(17)4/h5-10,16H,19H2,1-4H3,(H,20,21). The molecule has 0 heterocycles. The normalized spacial score (nSPS) is 12.0. The first-order chi connectivity index (χ1) is 9.88. The highest BCUT2D eigenvalue weighted by atomic mass is 16.2. The zero-order valence-corrected chi connectivity index (χ0v) is 13.0. The van der Waals surface area contributed by atoms with Crippen LogP contribution in [0.5, 0.6) is 0 Å². The lowest BCUT2D eigenvalue weighted by Gasteiger charge is -2.16. The van der Waals surface area contributed by atoms with Crippen LogP contribution in [0.1, 0.15) is 33.9 Å². The number of nitrogens with one attached hydrogen (secondary N) is 1. The van der Waals surface area contributed by atoms with Gasteiger partial charge < -0.3 is 11.1 Å². The fraction of sp³-hybridized carbons (Fsp3) is 0.278. The van der Waals surface area contributed by atoms with Crippen LogP contribution in [0.25, 0.3) is 0 Å². The molecular formula is C18H22N2O. The fourth-order valence-corrected chi connectivity index (χ4v) is 2.50. The molecule has 1 atom stereocenters. The predicted octanol–water partition coefficient (Wildman–Crippen LogP) is 3.56. The molecule has 21 heavy (non-hydrogen) atoms. The highest BCUT2D eigenvalue weighted by Gasteiger charge is 2.17. The number of anilines is 1. The average molecular weight is 282 g/mol. The van der Waals surface area contributed by atoms with Crippen LogP contribution in [-0.2, 0) is 4.79 Å². The first-order valence-electron chi connectivity index (χ1n) is 7.09. The maximum Gasteiger partial charge on any atom is 0.245 e. The van der Waals surface area contributed by atoms with Crippen molar-refractivity contribution in [2.24, 2.45) is 5.73 Å². The molecule has 2 aromatic rings. The number of rotatable bonds is 3. The largest absolute Gasteiger partial charge is 0.324 e.